The van der Waals surface area contributed by atoms with Crippen LogP contribution in [0.3, 0.4) is 0 Å². The van der Waals surface area contributed by atoms with Crippen LogP contribution in [-0.4, -0.2) is 47.8 Å². The Morgan fingerprint density at radius 2 is 1.75 bits per heavy atom. The van der Waals surface area contributed by atoms with E-state index in [1.165, 1.54) is 18.2 Å². The summed E-state index contributed by atoms with van der Waals surface area (Å²) < 4.78 is 5.23. The van der Waals surface area contributed by atoms with Crippen LogP contribution in [0.25, 0.3) is 0 Å². The molecule has 2 aliphatic rings. The number of nitrogens with zero attached hydrogens (tertiary/aromatic N) is 2. The summed E-state index contributed by atoms with van der Waals surface area (Å²) in [6.07, 6.45) is 3.87. The number of hydrogen-bond donors (Lipinski definition) is 0. The second kappa shape index (κ2) is 9.12. The third-order valence-corrected chi connectivity index (χ3v) is 6.20. The predicted octanol–water partition coefficient (Wildman–Crippen LogP) is 4.09. The lowest BCUT2D eigenvalue weighted by atomic mass is 10.00. The van der Waals surface area contributed by atoms with E-state index in [4.69, 9.17) is 16.3 Å². The Labute approximate surface area is 190 Å². The topological polar surface area (TPSA) is 84.0 Å². The van der Waals surface area contributed by atoms with Gasteiger partial charge in [-0.25, -0.2) is 9.69 Å². The highest BCUT2D eigenvalue weighted by Gasteiger charge is 2.37. The van der Waals surface area contributed by atoms with Crippen molar-refractivity contribution in [3.8, 4) is 0 Å². The minimum Gasteiger partial charge on any atom is -0.452 e. The van der Waals surface area contributed by atoms with Gasteiger partial charge in [-0.15, -0.1) is 0 Å². The van der Waals surface area contributed by atoms with Gasteiger partial charge >= 0.3 is 5.97 Å². The molecular weight excluding hydrogens is 432 g/mol. The first-order valence-corrected chi connectivity index (χ1v) is 11.0. The summed E-state index contributed by atoms with van der Waals surface area (Å²) in [6, 6.07) is 10.7. The molecule has 1 unspecified atom stereocenters. The molecule has 0 saturated carbocycles. The molecule has 2 heterocycles. The van der Waals surface area contributed by atoms with Crippen LogP contribution < -0.4 is 4.90 Å². The number of halogens is 1. The fourth-order valence-electron chi connectivity index (χ4n) is 4.24. The lowest BCUT2D eigenvalue weighted by molar-refractivity contribution is -0.138. The van der Waals surface area contributed by atoms with Crippen LogP contribution in [-0.2, 0) is 9.53 Å². The molecule has 0 radical (unpaired) electrons. The molecule has 0 aliphatic carbocycles. The second-order valence-electron chi connectivity index (χ2n) is 7.90. The smallest absolute Gasteiger partial charge is 0.338 e. The molecule has 0 aromatic heterocycles. The molecule has 0 spiro atoms. The van der Waals surface area contributed by atoms with Gasteiger partial charge in [0.25, 0.3) is 17.7 Å². The van der Waals surface area contributed by atoms with Gasteiger partial charge in [-0.2, -0.15) is 0 Å². The van der Waals surface area contributed by atoms with E-state index in [9.17, 15) is 19.2 Å². The highest BCUT2D eigenvalue weighted by Crippen LogP contribution is 2.30. The quantitative estimate of drug-likeness (QED) is 0.502. The van der Waals surface area contributed by atoms with Crippen molar-refractivity contribution in [3.05, 3.63) is 64.2 Å². The van der Waals surface area contributed by atoms with Crippen molar-refractivity contribution < 1.29 is 23.9 Å². The van der Waals surface area contributed by atoms with Crippen molar-refractivity contribution in [2.75, 3.05) is 18.1 Å². The molecule has 1 atom stereocenters. The number of fused-ring (bicyclic) bond motifs is 1. The first-order chi connectivity index (χ1) is 15.4. The molecule has 32 heavy (non-hydrogen) atoms. The van der Waals surface area contributed by atoms with Gasteiger partial charge in [0.1, 0.15) is 0 Å². The maximum absolute atomic E-state index is 12.9. The fourth-order valence-corrected chi connectivity index (χ4v) is 4.37. The summed E-state index contributed by atoms with van der Waals surface area (Å²) in [5.74, 6) is -1.93. The molecule has 4 rings (SSSR count). The minimum absolute atomic E-state index is 0.112. The van der Waals surface area contributed by atoms with Crippen molar-refractivity contribution in [3.63, 3.8) is 0 Å². The number of anilines is 1. The number of benzene rings is 2. The predicted molar refractivity (Wildman–Crippen MR) is 119 cm³/mol. The number of imide groups is 1. The molecule has 2 aromatic carbocycles. The van der Waals surface area contributed by atoms with E-state index in [1.54, 1.807) is 29.2 Å². The van der Waals surface area contributed by atoms with Crippen LogP contribution in [0, 0.1) is 0 Å². The van der Waals surface area contributed by atoms with Crippen molar-refractivity contribution in [2.24, 2.45) is 0 Å². The van der Waals surface area contributed by atoms with Crippen LogP contribution in [0.5, 0.6) is 0 Å². The average molecular weight is 455 g/mol. The number of likely N-dealkylation sites (tertiary alicyclic amines) is 1. The van der Waals surface area contributed by atoms with Gasteiger partial charge in [-0.3, -0.25) is 14.4 Å². The largest absolute Gasteiger partial charge is 0.452 e. The molecule has 2 aromatic rings. The van der Waals surface area contributed by atoms with E-state index in [1.807, 2.05) is 6.92 Å². The van der Waals surface area contributed by atoms with Crippen molar-refractivity contribution in [1.29, 1.82) is 0 Å². The first-order valence-electron chi connectivity index (χ1n) is 10.7. The van der Waals surface area contributed by atoms with Gasteiger partial charge in [-0.1, -0.05) is 18.5 Å². The van der Waals surface area contributed by atoms with Crippen LogP contribution in [0.15, 0.2) is 42.5 Å². The molecule has 7 nitrogen and oxygen atoms in total. The van der Waals surface area contributed by atoms with Crippen LogP contribution in [0.1, 0.15) is 63.7 Å². The van der Waals surface area contributed by atoms with E-state index in [0.717, 1.165) is 30.6 Å². The Balaban J connectivity index is 1.46. The number of carbonyl (C=O) groups excluding carboxylic acids is 4. The van der Waals surface area contributed by atoms with Crippen LogP contribution in [0.4, 0.5) is 5.69 Å². The summed E-state index contributed by atoms with van der Waals surface area (Å²) in [4.78, 5) is 53.5. The fraction of sp³-hybridized carbons (Fsp3) is 0.333. The number of esters is 1. The maximum Gasteiger partial charge on any atom is 0.338 e. The standard InChI is InChI=1S/C24H23ClN2O5/c1-2-17-5-3-4-12-26(17)21(28)14-32-24(31)15-6-11-19-20(13-15)23(30)27(22(19)29)18-9-7-16(25)8-10-18/h6-11,13,17H,2-5,12,14H2,1H3. The van der Waals surface area contributed by atoms with Crippen molar-refractivity contribution >= 4 is 41.0 Å². The Bertz CT molecular complexity index is 1080. The van der Waals surface area contributed by atoms with E-state index in [-0.39, 0.29) is 35.2 Å². The lowest BCUT2D eigenvalue weighted by Crippen LogP contribution is -2.45. The summed E-state index contributed by atoms with van der Waals surface area (Å²) in [5, 5.41) is 0.486. The van der Waals surface area contributed by atoms with E-state index in [2.05, 4.69) is 0 Å². The minimum atomic E-state index is -0.712. The molecule has 0 bridgehead atoms. The summed E-state index contributed by atoms with van der Waals surface area (Å²) in [6.45, 7) is 2.36. The van der Waals surface area contributed by atoms with Gasteiger partial charge in [-0.05, 0) is 68.1 Å². The van der Waals surface area contributed by atoms with Gasteiger partial charge in [0, 0.05) is 17.6 Å². The zero-order valence-corrected chi connectivity index (χ0v) is 18.4. The zero-order valence-electron chi connectivity index (χ0n) is 17.7. The molecule has 8 heteroatoms. The van der Waals surface area contributed by atoms with Crippen molar-refractivity contribution in [1.82, 2.24) is 4.90 Å². The first kappa shape index (κ1) is 22.0. The highest BCUT2D eigenvalue weighted by atomic mass is 35.5. The third-order valence-electron chi connectivity index (χ3n) is 5.95. The highest BCUT2D eigenvalue weighted by molar-refractivity contribution is 6.35. The Morgan fingerprint density at radius 1 is 1.03 bits per heavy atom. The summed E-state index contributed by atoms with van der Waals surface area (Å²) in [7, 11) is 0. The monoisotopic (exact) mass is 454 g/mol. The molecule has 2 aliphatic heterocycles. The number of ether oxygens (including phenoxy) is 1. The SMILES string of the molecule is CCC1CCCCN1C(=O)COC(=O)c1ccc2c(c1)C(=O)N(c1ccc(Cl)cc1)C2=O. The molecule has 166 valence electrons. The number of hydrogen-bond acceptors (Lipinski definition) is 5. The number of carbonyl (C=O) groups is 4. The normalized spacial score (nSPS) is 18.0. The summed E-state index contributed by atoms with van der Waals surface area (Å²) in [5.41, 5.74) is 0.827. The van der Waals surface area contributed by atoms with E-state index >= 15 is 0 Å². The van der Waals surface area contributed by atoms with Gasteiger partial charge in [0.2, 0.25) is 0 Å². The lowest BCUT2D eigenvalue weighted by Gasteiger charge is -2.35. The maximum atomic E-state index is 12.9. The van der Waals surface area contributed by atoms with Crippen LogP contribution in [0.2, 0.25) is 5.02 Å². The molecule has 1 saturated heterocycles. The Kier molecular flexibility index (Phi) is 6.28. The molecule has 3 amide bonds. The second-order valence-corrected chi connectivity index (χ2v) is 8.34. The Morgan fingerprint density at radius 3 is 2.47 bits per heavy atom. The van der Waals surface area contributed by atoms with Gasteiger partial charge in [0.15, 0.2) is 6.61 Å². The van der Waals surface area contributed by atoms with E-state index in [0.29, 0.717) is 17.3 Å². The number of amides is 3. The third kappa shape index (κ3) is 4.12. The van der Waals surface area contributed by atoms with E-state index < -0.39 is 17.8 Å². The molecule has 0 N–H and O–H groups in total. The molecule has 1 fully saturated rings. The number of rotatable bonds is 5. The van der Waals surface area contributed by atoms with Crippen LogP contribution >= 0.6 is 11.6 Å². The number of piperidine rings is 1. The summed E-state index contributed by atoms with van der Waals surface area (Å²) >= 11 is 5.89. The van der Waals surface area contributed by atoms with Crippen molar-refractivity contribution in [2.45, 2.75) is 38.6 Å². The molecular formula is C24H23ClN2O5. The van der Waals surface area contributed by atoms with Gasteiger partial charge in [0.05, 0.1) is 22.4 Å². The Hall–Kier alpha value is -3.19. The van der Waals surface area contributed by atoms with Gasteiger partial charge < -0.3 is 9.64 Å². The zero-order chi connectivity index (χ0) is 22.8. The average Bonchev–Trinajstić information content (AvgIpc) is 3.07.